The Balaban J connectivity index is 0.00000192. The molecule has 0 bridgehead atoms. The van der Waals surface area contributed by atoms with E-state index >= 15 is 0 Å². The summed E-state index contributed by atoms with van der Waals surface area (Å²) in [7, 11) is 0. The molecule has 0 aliphatic carbocycles. The number of thiophene rings is 1. The summed E-state index contributed by atoms with van der Waals surface area (Å²) in [5.74, 6) is 1.41. The van der Waals surface area contributed by atoms with Gasteiger partial charge >= 0.3 is 0 Å². The highest BCUT2D eigenvalue weighted by Gasteiger charge is 2.19. The van der Waals surface area contributed by atoms with Gasteiger partial charge in [-0.2, -0.15) is 0 Å². The number of fused-ring (bicyclic) bond motifs is 1. The number of rotatable bonds is 5. The number of amides is 1. The van der Waals surface area contributed by atoms with Crippen LogP contribution in [0.25, 0.3) is 0 Å². The monoisotopic (exact) mass is 354 g/mol. The van der Waals surface area contributed by atoms with E-state index in [1.165, 1.54) is 0 Å². The smallest absolute Gasteiger partial charge is 0.228 e. The normalized spacial score (nSPS) is 12.4. The van der Waals surface area contributed by atoms with Gasteiger partial charge in [0.05, 0.1) is 6.54 Å². The first-order valence-electron chi connectivity index (χ1n) is 7.20. The molecule has 0 unspecified atom stereocenters. The van der Waals surface area contributed by atoms with E-state index in [4.69, 9.17) is 15.2 Å². The van der Waals surface area contributed by atoms with Crippen molar-refractivity contribution in [2.45, 2.75) is 13.0 Å². The Bertz CT molecular complexity index is 649. The van der Waals surface area contributed by atoms with Crippen LogP contribution in [-0.4, -0.2) is 25.7 Å². The molecule has 1 aliphatic heterocycles. The van der Waals surface area contributed by atoms with E-state index in [-0.39, 0.29) is 18.3 Å². The molecule has 5 nitrogen and oxygen atoms in total. The van der Waals surface area contributed by atoms with E-state index in [0.717, 1.165) is 16.3 Å². The Morgan fingerprint density at radius 3 is 2.70 bits per heavy atom. The molecule has 2 heterocycles. The number of nitrogens with zero attached hydrogens (tertiary/aromatic N) is 1. The maximum Gasteiger partial charge on any atom is 0.228 e. The number of halogens is 1. The summed E-state index contributed by atoms with van der Waals surface area (Å²) in [5, 5.41) is 2.00. The van der Waals surface area contributed by atoms with Crippen LogP contribution in [0, 0.1) is 0 Å². The average molecular weight is 355 g/mol. The van der Waals surface area contributed by atoms with E-state index < -0.39 is 0 Å². The second-order valence-electron chi connectivity index (χ2n) is 4.93. The zero-order valence-corrected chi connectivity index (χ0v) is 14.2. The minimum absolute atomic E-state index is 0. The molecule has 1 aliphatic rings. The Morgan fingerprint density at radius 2 is 2.00 bits per heavy atom. The molecule has 1 aromatic heterocycles. The van der Waals surface area contributed by atoms with Gasteiger partial charge in [-0.05, 0) is 23.6 Å². The third-order valence-electron chi connectivity index (χ3n) is 3.39. The predicted octanol–water partition coefficient (Wildman–Crippen LogP) is 2.82. The Kier molecular flexibility index (Phi) is 6.27. The molecule has 7 heteroatoms. The van der Waals surface area contributed by atoms with Crippen molar-refractivity contribution in [2.24, 2.45) is 5.73 Å². The van der Waals surface area contributed by atoms with Crippen LogP contribution in [0.15, 0.2) is 35.7 Å². The van der Waals surface area contributed by atoms with Gasteiger partial charge in [0.15, 0.2) is 11.5 Å². The highest BCUT2D eigenvalue weighted by Crippen LogP contribution is 2.34. The van der Waals surface area contributed by atoms with Gasteiger partial charge in [0.2, 0.25) is 5.91 Å². The number of hydrogen-bond donors (Lipinski definition) is 1. The molecule has 1 aromatic carbocycles. The molecule has 0 saturated heterocycles. The Labute approximate surface area is 145 Å². The van der Waals surface area contributed by atoms with Gasteiger partial charge in [-0.25, -0.2) is 0 Å². The van der Waals surface area contributed by atoms with E-state index in [1.54, 1.807) is 16.2 Å². The van der Waals surface area contributed by atoms with Crippen LogP contribution in [0.2, 0.25) is 0 Å². The molecule has 0 saturated carbocycles. The fraction of sp³-hybridized carbons (Fsp3) is 0.312. The van der Waals surface area contributed by atoms with Crippen molar-refractivity contribution in [2.75, 3.05) is 24.7 Å². The summed E-state index contributed by atoms with van der Waals surface area (Å²) >= 11 is 1.63. The van der Waals surface area contributed by atoms with Crippen LogP contribution in [0.1, 0.15) is 11.3 Å². The first kappa shape index (κ1) is 17.6. The molecule has 1 amide bonds. The van der Waals surface area contributed by atoms with Gasteiger partial charge in [0, 0.05) is 29.6 Å². The van der Waals surface area contributed by atoms with Crippen LogP contribution in [-0.2, 0) is 11.3 Å². The summed E-state index contributed by atoms with van der Waals surface area (Å²) in [6.45, 7) is 1.95. The molecule has 2 aromatic rings. The average Bonchev–Trinajstić information content (AvgIpc) is 3.05. The fourth-order valence-electron chi connectivity index (χ4n) is 2.34. The molecule has 0 radical (unpaired) electrons. The summed E-state index contributed by atoms with van der Waals surface area (Å²) in [6, 6.07) is 9.59. The second kappa shape index (κ2) is 8.19. The van der Waals surface area contributed by atoms with Crippen LogP contribution in [0.5, 0.6) is 11.5 Å². The first-order chi connectivity index (χ1) is 10.8. The molecular formula is C16H19ClN2O3S. The third-order valence-corrected chi connectivity index (χ3v) is 4.25. The lowest BCUT2D eigenvalue weighted by Crippen LogP contribution is -2.31. The van der Waals surface area contributed by atoms with Crippen molar-refractivity contribution >= 4 is 35.3 Å². The maximum absolute atomic E-state index is 12.4. The lowest BCUT2D eigenvalue weighted by atomic mass is 10.2. The maximum atomic E-state index is 12.4. The van der Waals surface area contributed by atoms with Gasteiger partial charge < -0.3 is 20.1 Å². The number of carbonyl (C=O) groups excluding carboxylic acids is 1. The van der Waals surface area contributed by atoms with Gasteiger partial charge in [0.25, 0.3) is 0 Å². The van der Waals surface area contributed by atoms with Crippen molar-refractivity contribution in [1.82, 2.24) is 0 Å². The van der Waals surface area contributed by atoms with E-state index in [2.05, 4.69) is 0 Å². The van der Waals surface area contributed by atoms with Crippen molar-refractivity contribution in [1.29, 1.82) is 0 Å². The standard InChI is InChI=1S/C16H18N2O3S.ClH/c17-6-5-16(19)18(11-13-2-1-9-22-13)12-3-4-14-15(10-12)21-8-7-20-14;/h1-4,9-10H,5-8,11,17H2;1H. The number of carbonyl (C=O) groups is 1. The topological polar surface area (TPSA) is 64.8 Å². The minimum atomic E-state index is 0. The molecule has 2 N–H and O–H groups in total. The molecule has 23 heavy (non-hydrogen) atoms. The Hall–Kier alpha value is -1.76. The molecule has 0 spiro atoms. The second-order valence-corrected chi connectivity index (χ2v) is 5.96. The van der Waals surface area contributed by atoms with Gasteiger partial charge in [0.1, 0.15) is 13.2 Å². The van der Waals surface area contributed by atoms with E-state index in [9.17, 15) is 4.79 Å². The van der Waals surface area contributed by atoms with Crippen LogP contribution in [0.3, 0.4) is 0 Å². The lowest BCUT2D eigenvalue weighted by Gasteiger charge is -2.25. The highest BCUT2D eigenvalue weighted by atomic mass is 35.5. The molecular weight excluding hydrogens is 336 g/mol. The summed E-state index contributed by atoms with van der Waals surface area (Å²) < 4.78 is 11.1. The highest BCUT2D eigenvalue weighted by molar-refractivity contribution is 7.09. The van der Waals surface area contributed by atoms with Gasteiger partial charge in [-0.3, -0.25) is 4.79 Å². The number of ether oxygens (including phenoxy) is 2. The van der Waals surface area contributed by atoms with E-state index in [1.807, 2.05) is 35.7 Å². The predicted molar refractivity (Wildman–Crippen MR) is 93.9 cm³/mol. The number of hydrogen-bond acceptors (Lipinski definition) is 5. The number of benzene rings is 1. The molecule has 0 fully saturated rings. The van der Waals surface area contributed by atoms with Crippen LogP contribution in [0.4, 0.5) is 5.69 Å². The number of nitrogens with two attached hydrogens (primary N) is 1. The van der Waals surface area contributed by atoms with Crippen LogP contribution < -0.4 is 20.1 Å². The van der Waals surface area contributed by atoms with Gasteiger partial charge in [-0.1, -0.05) is 6.07 Å². The summed E-state index contributed by atoms with van der Waals surface area (Å²) in [6.07, 6.45) is 0.319. The quantitative estimate of drug-likeness (QED) is 0.896. The van der Waals surface area contributed by atoms with Crippen molar-refractivity contribution < 1.29 is 14.3 Å². The Morgan fingerprint density at radius 1 is 1.22 bits per heavy atom. The summed E-state index contributed by atoms with van der Waals surface area (Å²) in [5.41, 5.74) is 6.34. The minimum Gasteiger partial charge on any atom is -0.486 e. The first-order valence-corrected chi connectivity index (χ1v) is 8.08. The SMILES string of the molecule is Cl.NCCC(=O)N(Cc1cccs1)c1ccc2c(c1)OCCO2. The fourth-order valence-corrected chi connectivity index (χ4v) is 3.03. The van der Waals surface area contributed by atoms with Crippen molar-refractivity contribution in [3.8, 4) is 11.5 Å². The van der Waals surface area contributed by atoms with Crippen LogP contribution >= 0.6 is 23.7 Å². The van der Waals surface area contributed by atoms with Crippen molar-refractivity contribution in [3.05, 3.63) is 40.6 Å². The van der Waals surface area contributed by atoms with E-state index in [0.29, 0.717) is 38.5 Å². The molecule has 3 rings (SSSR count). The summed E-state index contributed by atoms with van der Waals surface area (Å²) in [4.78, 5) is 15.3. The molecule has 124 valence electrons. The zero-order valence-electron chi connectivity index (χ0n) is 12.6. The lowest BCUT2D eigenvalue weighted by molar-refractivity contribution is -0.118. The number of anilines is 1. The van der Waals surface area contributed by atoms with Gasteiger partial charge in [-0.15, -0.1) is 23.7 Å². The zero-order chi connectivity index (χ0) is 15.4. The third kappa shape index (κ3) is 4.16. The molecule has 0 atom stereocenters. The van der Waals surface area contributed by atoms with Crippen molar-refractivity contribution in [3.63, 3.8) is 0 Å². The largest absolute Gasteiger partial charge is 0.486 e.